The van der Waals surface area contributed by atoms with E-state index in [1.54, 1.807) is 0 Å². The molecule has 2 rings (SSSR count). The summed E-state index contributed by atoms with van der Waals surface area (Å²) < 4.78 is 12.8. The van der Waals surface area contributed by atoms with Crippen LogP contribution in [-0.2, 0) is 33.4 Å². The number of cyclic esters (lactones) is 4. The fraction of sp³-hybridized carbons (Fsp3) is 0. The summed E-state index contributed by atoms with van der Waals surface area (Å²) in [5, 5.41) is 0. The molecule has 0 saturated heterocycles. The van der Waals surface area contributed by atoms with E-state index in [0.29, 0.717) is 0 Å². The van der Waals surface area contributed by atoms with Crippen LogP contribution >= 0.6 is 0 Å². The predicted molar refractivity (Wildman–Crippen MR) is 39.4 cm³/mol. The molecule has 0 radical (unpaired) electrons. The van der Waals surface area contributed by atoms with Crippen LogP contribution < -0.4 is 0 Å². The van der Waals surface area contributed by atoms with Crippen LogP contribution in [0.25, 0.3) is 0 Å². The van der Waals surface area contributed by atoms with Gasteiger partial charge in [-0.2, -0.15) is 0 Å². The highest BCUT2D eigenvalue weighted by Crippen LogP contribution is 2.18. The molecule has 0 aliphatic carbocycles. The number of carbonyl (C=O) groups excluding carboxylic acids is 4. The Balaban J connectivity index is 2.17. The number of hydrogen-bond acceptors (Lipinski definition) is 7. The minimum absolute atomic E-state index is 0.460. The minimum atomic E-state index is -1.02. The van der Waals surface area contributed by atoms with E-state index in [0.717, 1.165) is 12.2 Å². The molecule has 2 aliphatic heterocycles. The van der Waals surface area contributed by atoms with Crippen LogP contribution in [0.1, 0.15) is 0 Å². The first-order valence-corrected chi connectivity index (χ1v) is 3.70. The van der Waals surface area contributed by atoms with Gasteiger partial charge in [-0.1, -0.05) is 0 Å². The molecular weight excluding hydrogens is 208 g/mol. The van der Waals surface area contributed by atoms with Crippen LogP contribution in [-0.4, -0.2) is 23.9 Å². The van der Waals surface area contributed by atoms with Gasteiger partial charge in [-0.15, -0.1) is 0 Å². The second-order valence-corrected chi connectivity index (χ2v) is 2.54. The van der Waals surface area contributed by atoms with E-state index >= 15 is 0 Å². The van der Waals surface area contributed by atoms with Gasteiger partial charge in [0.2, 0.25) is 11.5 Å². The topological polar surface area (TPSA) is 96.0 Å². The monoisotopic (exact) mass is 210 g/mol. The SMILES string of the molecule is O=C1C=C(OC2=CC(=O)OC2=O)C(=O)O1. The van der Waals surface area contributed by atoms with Gasteiger partial charge in [0, 0.05) is 0 Å². The lowest BCUT2D eigenvalue weighted by molar-refractivity contribution is -0.152. The van der Waals surface area contributed by atoms with Crippen molar-refractivity contribution in [3.63, 3.8) is 0 Å². The van der Waals surface area contributed by atoms with Gasteiger partial charge < -0.3 is 14.2 Å². The van der Waals surface area contributed by atoms with E-state index in [1.165, 1.54) is 0 Å². The maximum Gasteiger partial charge on any atom is 0.382 e. The molecule has 0 spiro atoms. The Kier molecular flexibility index (Phi) is 1.86. The van der Waals surface area contributed by atoms with Crippen molar-refractivity contribution in [3.8, 4) is 0 Å². The van der Waals surface area contributed by atoms with E-state index in [9.17, 15) is 19.2 Å². The van der Waals surface area contributed by atoms with E-state index in [2.05, 4.69) is 14.2 Å². The van der Waals surface area contributed by atoms with Crippen LogP contribution in [0.2, 0.25) is 0 Å². The second kappa shape index (κ2) is 3.05. The lowest BCUT2D eigenvalue weighted by Gasteiger charge is -2.00. The molecule has 0 bridgehead atoms. The van der Waals surface area contributed by atoms with Crippen molar-refractivity contribution in [3.05, 3.63) is 23.7 Å². The van der Waals surface area contributed by atoms with Crippen LogP contribution in [0.4, 0.5) is 0 Å². The molecule has 0 fully saturated rings. The van der Waals surface area contributed by atoms with Crippen LogP contribution in [0.5, 0.6) is 0 Å². The summed E-state index contributed by atoms with van der Waals surface area (Å²) in [5.41, 5.74) is 0. The molecule has 0 atom stereocenters. The van der Waals surface area contributed by atoms with Gasteiger partial charge in [0.1, 0.15) is 0 Å². The first-order chi connectivity index (χ1) is 7.06. The summed E-state index contributed by atoms with van der Waals surface area (Å²) in [6.07, 6.45) is 1.53. The highest BCUT2D eigenvalue weighted by molar-refractivity contribution is 6.10. The average Bonchev–Trinajstić information content (AvgIpc) is 2.58. The third-order valence-electron chi connectivity index (χ3n) is 1.51. The number of hydrogen-bond donors (Lipinski definition) is 0. The lowest BCUT2D eigenvalue weighted by Crippen LogP contribution is -2.08. The molecule has 0 aromatic carbocycles. The molecule has 2 heterocycles. The summed E-state index contributed by atoms with van der Waals surface area (Å²) in [5.74, 6) is -4.75. The standard InChI is InChI=1S/C8H2O7/c9-5-1-3(7(11)14-5)13-4-2-6(10)15-8(4)12/h1-2H. The molecule has 7 heteroatoms. The molecule has 0 amide bonds. The predicted octanol–water partition coefficient (Wildman–Crippen LogP) is -1.06. The van der Waals surface area contributed by atoms with Crippen molar-refractivity contribution < 1.29 is 33.4 Å². The molecule has 7 nitrogen and oxygen atoms in total. The third-order valence-corrected chi connectivity index (χ3v) is 1.51. The smallest absolute Gasteiger partial charge is 0.382 e. The fourth-order valence-corrected chi connectivity index (χ4v) is 0.935. The van der Waals surface area contributed by atoms with Crippen molar-refractivity contribution in [2.75, 3.05) is 0 Å². The zero-order valence-corrected chi connectivity index (χ0v) is 7.01. The Morgan fingerprint density at radius 3 is 1.47 bits per heavy atom. The van der Waals surface area contributed by atoms with Gasteiger partial charge in [0.05, 0.1) is 12.2 Å². The number of rotatable bonds is 2. The number of esters is 4. The largest absolute Gasteiger partial charge is 0.441 e. The number of carbonyl (C=O) groups is 4. The zero-order valence-electron chi connectivity index (χ0n) is 7.01. The highest BCUT2D eigenvalue weighted by atomic mass is 16.6. The third kappa shape index (κ3) is 1.62. The normalized spacial score (nSPS) is 19.7. The molecule has 15 heavy (non-hydrogen) atoms. The van der Waals surface area contributed by atoms with Gasteiger partial charge in [-0.25, -0.2) is 19.2 Å². The first-order valence-electron chi connectivity index (χ1n) is 3.70. The lowest BCUT2D eigenvalue weighted by atomic mass is 10.4. The van der Waals surface area contributed by atoms with Gasteiger partial charge in [-0.05, 0) is 0 Å². The van der Waals surface area contributed by atoms with Gasteiger partial charge in [0.25, 0.3) is 0 Å². The van der Waals surface area contributed by atoms with Crippen LogP contribution in [0, 0.1) is 0 Å². The summed E-state index contributed by atoms with van der Waals surface area (Å²) in [7, 11) is 0. The van der Waals surface area contributed by atoms with E-state index in [1.807, 2.05) is 0 Å². The highest BCUT2D eigenvalue weighted by Gasteiger charge is 2.32. The Morgan fingerprint density at radius 2 is 1.20 bits per heavy atom. The van der Waals surface area contributed by atoms with E-state index in [4.69, 9.17) is 0 Å². The molecular formula is C8H2O7. The molecule has 0 saturated carbocycles. The van der Waals surface area contributed by atoms with E-state index in [-0.39, 0.29) is 0 Å². The molecule has 0 unspecified atom stereocenters. The second-order valence-electron chi connectivity index (χ2n) is 2.54. The summed E-state index contributed by atoms with van der Waals surface area (Å²) >= 11 is 0. The molecule has 0 N–H and O–H groups in total. The average molecular weight is 210 g/mol. The van der Waals surface area contributed by atoms with Crippen LogP contribution in [0.15, 0.2) is 23.7 Å². The van der Waals surface area contributed by atoms with Crippen molar-refractivity contribution in [2.24, 2.45) is 0 Å². The molecule has 2 aliphatic rings. The van der Waals surface area contributed by atoms with Crippen LogP contribution in [0.3, 0.4) is 0 Å². The van der Waals surface area contributed by atoms with Crippen molar-refractivity contribution in [1.29, 1.82) is 0 Å². The summed E-state index contributed by atoms with van der Waals surface area (Å²) in [4.78, 5) is 42.9. The van der Waals surface area contributed by atoms with Gasteiger partial charge in [0.15, 0.2) is 0 Å². The van der Waals surface area contributed by atoms with Crippen molar-refractivity contribution in [1.82, 2.24) is 0 Å². The molecule has 0 aromatic rings. The maximum atomic E-state index is 10.9. The quantitative estimate of drug-likeness (QED) is 0.423. The van der Waals surface area contributed by atoms with E-state index < -0.39 is 35.4 Å². The minimum Gasteiger partial charge on any atom is -0.441 e. The Morgan fingerprint density at radius 1 is 0.800 bits per heavy atom. The molecule has 76 valence electrons. The Hall–Kier alpha value is -2.44. The molecule has 0 aromatic heterocycles. The maximum absolute atomic E-state index is 10.9. The van der Waals surface area contributed by atoms with Gasteiger partial charge in [-0.3, -0.25) is 0 Å². The van der Waals surface area contributed by atoms with Crippen molar-refractivity contribution in [2.45, 2.75) is 0 Å². The number of ether oxygens (including phenoxy) is 3. The first kappa shape index (κ1) is 9.13. The van der Waals surface area contributed by atoms with Gasteiger partial charge >= 0.3 is 23.9 Å². The Labute approximate surface area is 81.9 Å². The fourth-order valence-electron chi connectivity index (χ4n) is 0.935. The summed E-state index contributed by atoms with van der Waals surface area (Å²) in [6, 6.07) is 0. The Bertz CT molecular complexity index is 412. The van der Waals surface area contributed by atoms with Crippen molar-refractivity contribution >= 4 is 23.9 Å². The zero-order chi connectivity index (χ0) is 11.0. The summed E-state index contributed by atoms with van der Waals surface area (Å²) in [6.45, 7) is 0.